The Labute approximate surface area is 222 Å². The molecular weight excluding hydrogens is 484 g/mol. The quantitative estimate of drug-likeness (QED) is 0.349. The van der Waals surface area contributed by atoms with E-state index in [9.17, 15) is 4.79 Å². The van der Waals surface area contributed by atoms with Crippen molar-refractivity contribution >= 4 is 17.7 Å². The molecule has 2 aliphatic rings. The molecule has 12 heteroatoms. The van der Waals surface area contributed by atoms with Crippen LogP contribution in [0, 0.1) is 6.92 Å². The summed E-state index contributed by atoms with van der Waals surface area (Å²) in [5.41, 5.74) is 7.34. The second kappa shape index (κ2) is 11.0. The molecule has 4 N–H and O–H groups in total. The van der Waals surface area contributed by atoms with Crippen LogP contribution in [0.25, 0.3) is 5.82 Å². The minimum atomic E-state index is -0.909. The van der Waals surface area contributed by atoms with Crippen molar-refractivity contribution in [2.75, 3.05) is 30.4 Å². The number of carbonyl (C=O) groups is 1. The molecule has 12 nitrogen and oxygen atoms in total. The molecule has 2 unspecified atom stereocenters. The maximum absolute atomic E-state index is 13.4. The van der Waals surface area contributed by atoms with Crippen molar-refractivity contribution in [1.82, 2.24) is 40.9 Å². The number of methoxy groups -OCH3 is 1. The molecule has 0 bridgehead atoms. The number of amides is 1. The Bertz CT molecular complexity index is 1230. The number of nitrogens with one attached hydrogen (secondary N) is 4. The lowest BCUT2D eigenvalue weighted by atomic mass is 9.89. The predicted octanol–water partition coefficient (Wildman–Crippen LogP) is 1.85. The number of anilines is 2. The largest absolute Gasteiger partial charge is 0.368 e. The summed E-state index contributed by atoms with van der Waals surface area (Å²) in [5.74, 6) is 2.04. The van der Waals surface area contributed by atoms with Gasteiger partial charge < -0.3 is 20.3 Å². The number of ether oxygens (including phenoxy) is 1. The molecule has 2 fully saturated rings. The minimum absolute atomic E-state index is 0.109. The van der Waals surface area contributed by atoms with Crippen LogP contribution in [0.3, 0.4) is 0 Å². The average molecular weight is 521 g/mol. The van der Waals surface area contributed by atoms with Gasteiger partial charge >= 0.3 is 0 Å². The lowest BCUT2D eigenvalue weighted by Crippen LogP contribution is -2.55. The number of aryl methyl sites for hydroxylation is 1. The van der Waals surface area contributed by atoms with Gasteiger partial charge in [-0.2, -0.15) is 10.1 Å². The van der Waals surface area contributed by atoms with Crippen LogP contribution in [-0.4, -0.2) is 68.6 Å². The Morgan fingerprint density at radius 3 is 2.68 bits per heavy atom. The molecule has 5 heterocycles. The van der Waals surface area contributed by atoms with E-state index >= 15 is 0 Å². The van der Waals surface area contributed by atoms with E-state index < -0.39 is 5.60 Å². The first kappa shape index (κ1) is 26.0. The van der Waals surface area contributed by atoms with Crippen molar-refractivity contribution in [2.45, 2.75) is 63.9 Å². The normalized spacial score (nSPS) is 21.7. The number of carbonyl (C=O) groups excluding carboxylic acids is 1. The van der Waals surface area contributed by atoms with Crippen molar-refractivity contribution in [3.63, 3.8) is 0 Å². The van der Waals surface area contributed by atoms with Crippen molar-refractivity contribution in [3.8, 4) is 5.82 Å². The highest BCUT2D eigenvalue weighted by molar-refractivity contribution is 5.86. The standard InChI is InChI=1S/C26H36N10O2/c1-17-14-21(31-22-15-18(2)33-34-22)32-25(29-17)35-12-8-26(38-4,9-13-35)24(37)30-19(3)20-6-7-23(27-16-20)36-11-5-10-28-36/h5-7,10-11,14,16,18-19,22,33-34H,8-9,12-13,15H2,1-4H3,(H,30,37)(H,29,31,32)/t18?,19-,22?/m0/s1. The molecule has 0 aliphatic carbocycles. The molecule has 0 spiro atoms. The highest BCUT2D eigenvalue weighted by Gasteiger charge is 2.42. The number of hydrazine groups is 1. The fourth-order valence-electron chi connectivity index (χ4n) is 4.95. The summed E-state index contributed by atoms with van der Waals surface area (Å²) >= 11 is 0. The second-order valence-electron chi connectivity index (χ2n) is 10.1. The third kappa shape index (κ3) is 5.62. The molecular formula is C26H36N10O2. The van der Waals surface area contributed by atoms with Gasteiger partial charge in [0.15, 0.2) is 5.82 Å². The van der Waals surface area contributed by atoms with Crippen molar-refractivity contribution in [1.29, 1.82) is 0 Å². The first-order chi connectivity index (χ1) is 18.3. The van der Waals surface area contributed by atoms with Gasteiger partial charge in [-0.25, -0.2) is 20.1 Å². The molecule has 202 valence electrons. The summed E-state index contributed by atoms with van der Waals surface area (Å²) in [7, 11) is 1.61. The van der Waals surface area contributed by atoms with E-state index in [0.717, 1.165) is 29.3 Å². The molecule has 1 amide bonds. The Kier molecular flexibility index (Phi) is 7.54. The topological polar surface area (TPSA) is 134 Å². The summed E-state index contributed by atoms with van der Waals surface area (Å²) < 4.78 is 7.54. The zero-order valence-corrected chi connectivity index (χ0v) is 22.3. The lowest BCUT2D eigenvalue weighted by Gasteiger charge is -2.40. The minimum Gasteiger partial charge on any atom is -0.368 e. The number of hydrogen-bond donors (Lipinski definition) is 4. The number of nitrogens with zero attached hydrogens (tertiary/aromatic N) is 6. The highest BCUT2D eigenvalue weighted by Crippen LogP contribution is 2.30. The monoisotopic (exact) mass is 520 g/mol. The fourth-order valence-corrected chi connectivity index (χ4v) is 4.95. The van der Waals surface area contributed by atoms with Gasteiger partial charge in [-0.1, -0.05) is 6.07 Å². The lowest BCUT2D eigenvalue weighted by molar-refractivity contribution is -0.146. The van der Waals surface area contributed by atoms with Crippen LogP contribution in [0.2, 0.25) is 0 Å². The van der Waals surface area contributed by atoms with Crippen LogP contribution < -0.4 is 26.4 Å². The summed E-state index contributed by atoms with van der Waals surface area (Å²) in [5, 5.41) is 10.8. The Morgan fingerprint density at radius 1 is 1.24 bits per heavy atom. The molecule has 2 aliphatic heterocycles. The van der Waals surface area contributed by atoms with Gasteiger partial charge in [-0.05, 0) is 44.9 Å². The first-order valence-electron chi connectivity index (χ1n) is 13.1. The van der Waals surface area contributed by atoms with Crippen LogP contribution in [0.4, 0.5) is 11.8 Å². The average Bonchev–Trinajstić information content (AvgIpc) is 3.60. The second-order valence-corrected chi connectivity index (χ2v) is 10.1. The van der Waals surface area contributed by atoms with Gasteiger partial charge in [-0.3, -0.25) is 10.2 Å². The maximum atomic E-state index is 13.4. The van der Waals surface area contributed by atoms with Gasteiger partial charge in [0.25, 0.3) is 5.91 Å². The number of pyridine rings is 1. The van der Waals surface area contributed by atoms with Crippen LogP contribution in [0.1, 0.15) is 50.4 Å². The molecule has 0 saturated carbocycles. The van der Waals surface area contributed by atoms with Gasteiger partial charge in [0.1, 0.15) is 11.4 Å². The number of piperidine rings is 1. The highest BCUT2D eigenvalue weighted by atomic mass is 16.5. The van der Waals surface area contributed by atoms with Crippen molar-refractivity contribution in [3.05, 3.63) is 54.1 Å². The van der Waals surface area contributed by atoms with Crippen LogP contribution in [0.5, 0.6) is 0 Å². The van der Waals surface area contributed by atoms with E-state index in [2.05, 4.69) is 48.4 Å². The number of hydrogen-bond acceptors (Lipinski definition) is 10. The van der Waals surface area contributed by atoms with Gasteiger partial charge in [0.2, 0.25) is 5.95 Å². The molecule has 38 heavy (non-hydrogen) atoms. The zero-order valence-electron chi connectivity index (χ0n) is 22.3. The van der Waals surface area contributed by atoms with Gasteiger partial charge in [0.05, 0.1) is 12.2 Å². The van der Waals surface area contributed by atoms with Crippen LogP contribution >= 0.6 is 0 Å². The van der Waals surface area contributed by atoms with E-state index in [1.54, 1.807) is 24.2 Å². The van der Waals surface area contributed by atoms with Gasteiger partial charge in [-0.15, -0.1) is 0 Å². The predicted molar refractivity (Wildman–Crippen MR) is 144 cm³/mol. The molecule has 3 aromatic rings. The summed E-state index contributed by atoms with van der Waals surface area (Å²) in [4.78, 5) is 29.4. The third-order valence-electron chi connectivity index (χ3n) is 7.27. The fraction of sp³-hybridized carbons (Fsp3) is 0.500. The SMILES string of the molecule is COC1(C(=O)N[C@@H](C)c2ccc(-n3cccn3)nc2)CCN(c2nc(C)cc(NC3CC(C)NN3)n2)CC1. The Hall–Kier alpha value is -3.61. The van der Waals surface area contributed by atoms with E-state index in [1.165, 1.54) is 0 Å². The molecule has 3 aromatic heterocycles. The van der Waals surface area contributed by atoms with E-state index in [0.29, 0.717) is 37.9 Å². The summed E-state index contributed by atoms with van der Waals surface area (Å²) in [6.45, 7) is 7.27. The van der Waals surface area contributed by atoms with Crippen molar-refractivity contribution in [2.24, 2.45) is 0 Å². The zero-order chi connectivity index (χ0) is 26.7. The maximum Gasteiger partial charge on any atom is 0.252 e. The Balaban J connectivity index is 1.20. The summed E-state index contributed by atoms with van der Waals surface area (Å²) in [6, 6.07) is 7.81. The first-order valence-corrected chi connectivity index (χ1v) is 13.1. The van der Waals surface area contributed by atoms with Crippen LogP contribution in [-0.2, 0) is 9.53 Å². The number of rotatable bonds is 8. The molecule has 0 aromatic carbocycles. The van der Waals surface area contributed by atoms with Crippen LogP contribution in [0.15, 0.2) is 42.9 Å². The van der Waals surface area contributed by atoms with E-state index in [1.807, 2.05) is 44.3 Å². The molecule has 2 saturated heterocycles. The molecule has 0 radical (unpaired) electrons. The van der Waals surface area contributed by atoms with Crippen molar-refractivity contribution < 1.29 is 9.53 Å². The summed E-state index contributed by atoms with van der Waals surface area (Å²) in [6.07, 6.45) is 7.44. The van der Waals surface area contributed by atoms with E-state index in [4.69, 9.17) is 9.72 Å². The Morgan fingerprint density at radius 2 is 2.05 bits per heavy atom. The van der Waals surface area contributed by atoms with Gasteiger partial charge in [0, 0.05) is 69.4 Å². The van der Waals surface area contributed by atoms with E-state index in [-0.39, 0.29) is 18.1 Å². The third-order valence-corrected chi connectivity index (χ3v) is 7.27. The number of aromatic nitrogens is 5. The molecule has 3 atom stereocenters. The molecule has 5 rings (SSSR count). The smallest absolute Gasteiger partial charge is 0.252 e.